The Morgan fingerprint density at radius 1 is 0.672 bits per heavy atom. The minimum absolute atomic E-state index is 0.0644. The molecule has 8 rings (SSSR count). The maximum absolute atomic E-state index is 12.9. The van der Waals surface area contributed by atoms with Crippen LogP contribution >= 0.6 is 0 Å². The number of pyridine rings is 2. The Kier molecular flexibility index (Phi) is 13.4. The molecule has 5 atom stereocenters. The van der Waals surface area contributed by atoms with Gasteiger partial charge >= 0.3 is 0 Å². The highest BCUT2D eigenvalue weighted by atomic mass is 16.5. The van der Waals surface area contributed by atoms with Crippen LogP contribution in [0.4, 0.5) is 23.3 Å². The number of anilines is 4. The van der Waals surface area contributed by atoms with Crippen molar-refractivity contribution in [2.24, 2.45) is 23.7 Å². The third-order valence-electron chi connectivity index (χ3n) is 12.3. The van der Waals surface area contributed by atoms with E-state index in [9.17, 15) is 9.59 Å². The molecule has 4 aliphatic rings. The molecule has 4 fully saturated rings. The van der Waals surface area contributed by atoms with Crippen LogP contribution in [0, 0.1) is 23.7 Å². The molecule has 4 aromatic heterocycles. The molecule has 0 aliphatic carbocycles. The number of carbonyl (C=O) groups excluding carboxylic acids is 2. The van der Waals surface area contributed by atoms with Crippen molar-refractivity contribution >= 4 is 35.1 Å². The van der Waals surface area contributed by atoms with E-state index in [0.29, 0.717) is 60.7 Å². The van der Waals surface area contributed by atoms with Crippen LogP contribution in [0.1, 0.15) is 71.4 Å². The summed E-state index contributed by atoms with van der Waals surface area (Å²) < 4.78 is 12.5. The van der Waals surface area contributed by atoms with Gasteiger partial charge in [0.1, 0.15) is 0 Å². The Balaban J connectivity index is 0.936. The Labute approximate surface area is 358 Å². The fraction of sp³-hybridized carbons (Fsp3) is 0.556. The third kappa shape index (κ3) is 11.6. The number of hydrogen-bond acceptors (Lipinski definition) is 14. The highest BCUT2D eigenvalue weighted by molar-refractivity contribution is 5.92. The van der Waals surface area contributed by atoms with Crippen LogP contribution in [0.25, 0.3) is 22.8 Å². The summed E-state index contributed by atoms with van der Waals surface area (Å²) in [7, 11) is 0. The number of nitrogens with zero attached hydrogens (tertiary/aromatic N) is 6. The number of amides is 2. The summed E-state index contributed by atoms with van der Waals surface area (Å²) in [6.07, 6.45) is 12.1. The quantitative estimate of drug-likeness (QED) is 0.0952. The largest absolute Gasteiger partial charge is 0.385 e. The van der Waals surface area contributed by atoms with Crippen molar-refractivity contribution in [3.8, 4) is 22.8 Å². The molecule has 0 saturated carbocycles. The smallest absolute Gasteiger partial charge is 0.231 e. The van der Waals surface area contributed by atoms with E-state index in [1.807, 2.05) is 24.3 Å². The molecule has 6 N–H and O–H groups in total. The van der Waals surface area contributed by atoms with E-state index < -0.39 is 5.60 Å². The van der Waals surface area contributed by atoms with E-state index >= 15 is 0 Å². The lowest BCUT2D eigenvalue weighted by molar-refractivity contribution is -0.120. The second kappa shape index (κ2) is 19.3. The van der Waals surface area contributed by atoms with Gasteiger partial charge in [0.25, 0.3) is 0 Å². The maximum Gasteiger partial charge on any atom is 0.231 e. The minimum atomic E-state index is -0.447. The summed E-state index contributed by atoms with van der Waals surface area (Å²) >= 11 is 0. The van der Waals surface area contributed by atoms with Gasteiger partial charge in [0, 0.05) is 81.5 Å². The van der Waals surface area contributed by atoms with Gasteiger partial charge in [-0.05, 0) is 127 Å². The molecule has 4 saturated heterocycles. The lowest BCUT2D eigenvalue weighted by Crippen LogP contribution is -2.41. The van der Waals surface area contributed by atoms with Gasteiger partial charge in [-0.2, -0.15) is 0 Å². The molecule has 61 heavy (non-hydrogen) atoms. The number of hydrogen-bond donors (Lipinski definition) is 6. The van der Waals surface area contributed by atoms with E-state index in [1.165, 1.54) is 0 Å². The second-order valence-electron chi connectivity index (χ2n) is 18.0. The van der Waals surface area contributed by atoms with Gasteiger partial charge in [-0.15, -0.1) is 0 Å². The molecular formula is C45H60N12O4. The molecule has 0 aromatic carbocycles. The van der Waals surface area contributed by atoms with E-state index in [4.69, 9.17) is 19.4 Å². The number of piperidine rings is 1. The summed E-state index contributed by atoms with van der Waals surface area (Å²) in [4.78, 5) is 53.5. The molecule has 324 valence electrons. The number of aromatic nitrogens is 6. The van der Waals surface area contributed by atoms with Gasteiger partial charge in [0.05, 0.1) is 45.8 Å². The van der Waals surface area contributed by atoms with Crippen molar-refractivity contribution in [3.05, 3.63) is 60.7 Å². The first-order valence-electron chi connectivity index (χ1n) is 22.0. The zero-order chi connectivity index (χ0) is 42.2. The lowest BCUT2D eigenvalue weighted by Gasteiger charge is -2.38. The van der Waals surface area contributed by atoms with Gasteiger partial charge in [0.15, 0.2) is 0 Å². The zero-order valence-corrected chi connectivity index (χ0v) is 35.6. The molecule has 0 bridgehead atoms. The van der Waals surface area contributed by atoms with Crippen LogP contribution in [-0.2, 0) is 25.5 Å². The predicted molar refractivity (Wildman–Crippen MR) is 235 cm³/mol. The molecule has 16 heteroatoms. The Morgan fingerprint density at radius 2 is 1.30 bits per heavy atom. The molecule has 4 aliphatic heterocycles. The summed E-state index contributed by atoms with van der Waals surface area (Å²) in [5, 5.41) is 19.7. The van der Waals surface area contributed by atoms with Gasteiger partial charge in [-0.3, -0.25) is 30.2 Å². The van der Waals surface area contributed by atoms with E-state index in [1.54, 1.807) is 24.7 Å². The van der Waals surface area contributed by atoms with Crippen molar-refractivity contribution < 1.29 is 19.1 Å². The molecule has 2 amide bonds. The standard InChI is InChI=1S/C45H60N12O4/c1-44(2)22-29(10-17-60-44)25-52-34-19-35(53-39(21-34)37-9-16-50-43(55-37)57-41(59)32-6-13-47-28-32)24-45(3)23-30(11-18-61-45)26-51-33-7-14-48-38(20-33)36-8-15-49-42(54-36)56-40(58)31-5-4-12-46-27-31/h7-9,14-16,19-21,29-32,46-47H,4-6,10-13,17-18,22-28H2,1-3H3,(H,48,51)(H,52,53)(H,49,54,56,58)(H,50,55,57,59)/t29?,30?,31-,32-,45?/m1/s1. The Bertz CT molecular complexity index is 2140. The SMILES string of the molecule is CC1(C)CC(CNc2cc(CC3(C)CC(CNc4ccnc(-c5ccnc(NC(=O)[C@@H]6CCCNC6)n5)c4)CCO3)nc(-c3ccnc(NC(=O)[C@@H]4CCNC4)n3)c2)CCO1. The number of rotatable bonds is 14. The monoisotopic (exact) mass is 832 g/mol. The van der Waals surface area contributed by atoms with Crippen LogP contribution < -0.4 is 31.9 Å². The Morgan fingerprint density at radius 3 is 1.97 bits per heavy atom. The van der Waals surface area contributed by atoms with E-state index in [-0.39, 0.29) is 41.1 Å². The highest BCUT2D eigenvalue weighted by Crippen LogP contribution is 2.34. The molecule has 16 nitrogen and oxygen atoms in total. The third-order valence-corrected chi connectivity index (χ3v) is 12.3. The number of ether oxygens (including phenoxy) is 2. The van der Waals surface area contributed by atoms with Crippen molar-refractivity contribution in [2.45, 2.75) is 83.3 Å². The van der Waals surface area contributed by atoms with Gasteiger partial charge in [0.2, 0.25) is 23.7 Å². The van der Waals surface area contributed by atoms with Crippen molar-refractivity contribution in [3.63, 3.8) is 0 Å². The predicted octanol–water partition coefficient (Wildman–Crippen LogP) is 5.33. The van der Waals surface area contributed by atoms with Crippen molar-refractivity contribution in [1.82, 2.24) is 40.5 Å². The van der Waals surface area contributed by atoms with Crippen molar-refractivity contribution in [2.75, 3.05) is 73.7 Å². The first-order valence-corrected chi connectivity index (χ1v) is 22.0. The van der Waals surface area contributed by atoms with Crippen LogP contribution in [0.2, 0.25) is 0 Å². The second-order valence-corrected chi connectivity index (χ2v) is 18.0. The van der Waals surface area contributed by atoms with Gasteiger partial charge < -0.3 is 30.7 Å². The van der Waals surface area contributed by atoms with Gasteiger partial charge in [-0.1, -0.05) is 0 Å². The molecular weight excluding hydrogens is 773 g/mol. The summed E-state index contributed by atoms with van der Waals surface area (Å²) in [6.45, 7) is 12.6. The summed E-state index contributed by atoms with van der Waals surface area (Å²) in [6, 6.07) is 11.8. The molecule has 8 heterocycles. The first kappa shape index (κ1) is 42.5. The number of nitrogens with one attached hydrogen (secondary N) is 6. The topological polar surface area (TPSA) is 202 Å². The fourth-order valence-electron chi connectivity index (χ4n) is 9.07. The first-order chi connectivity index (χ1) is 29.5. The highest BCUT2D eigenvalue weighted by Gasteiger charge is 2.35. The molecule has 0 radical (unpaired) electrons. The molecule has 4 aromatic rings. The van der Waals surface area contributed by atoms with Crippen LogP contribution in [0.5, 0.6) is 0 Å². The zero-order valence-electron chi connectivity index (χ0n) is 35.6. The minimum Gasteiger partial charge on any atom is -0.385 e. The normalized spacial score (nSPS) is 25.0. The Hall–Kier alpha value is -5.16. The molecule has 0 spiro atoms. The maximum atomic E-state index is 12.9. The summed E-state index contributed by atoms with van der Waals surface area (Å²) in [5.74, 6) is 1.07. The van der Waals surface area contributed by atoms with E-state index in [2.05, 4.69) is 78.7 Å². The summed E-state index contributed by atoms with van der Waals surface area (Å²) in [5.41, 5.74) is 4.90. The lowest BCUT2D eigenvalue weighted by atomic mass is 9.83. The number of carbonyl (C=O) groups is 2. The van der Waals surface area contributed by atoms with E-state index in [0.717, 1.165) is 94.8 Å². The fourth-order valence-corrected chi connectivity index (χ4v) is 9.07. The van der Waals surface area contributed by atoms with Crippen LogP contribution in [0.3, 0.4) is 0 Å². The molecule has 3 unspecified atom stereocenters. The van der Waals surface area contributed by atoms with Crippen LogP contribution in [0.15, 0.2) is 55.0 Å². The van der Waals surface area contributed by atoms with Crippen molar-refractivity contribution in [1.29, 1.82) is 0 Å². The average Bonchev–Trinajstić information content (AvgIpc) is 3.81. The van der Waals surface area contributed by atoms with Gasteiger partial charge in [-0.25, -0.2) is 19.9 Å². The average molecular weight is 833 g/mol. The van der Waals surface area contributed by atoms with Crippen LogP contribution in [-0.4, -0.2) is 105 Å².